The lowest BCUT2D eigenvalue weighted by Crippen LogP contribution is -2.30. The van der Waals surface area contributed by atoms with Crippen molar-refractivity contribution in [1.82, 2.24) is 9.88 Å². The van der Waals surface area contributed by atoms with Gasteiger partial charge in [0.1, 0.15) is 23.8 Å². The molecule has 5 rings (SSSR count). The third kappa shape index (κ3) is 4.21. The van der Waals surface area contributed by atoms with E-state index < -0.39 is 0 Å². The highest BCUT2D eigenvalue weighted by atomic mass is 127. The summed E-state index contributed by atoms with van der Waals surface area (Å²) < 4.78 is 11.5. The number of nitrogens with zero attached hydrogens (tertiary/aromatic N) is 2. The molecule has 0 fully saturated rings. The predicted octanol–water partition coefficient (Wildman–Crippen LogP) is 5.97. The summed E-state index contributed by atoms with van der Waals surface area (Å²) in [5.74, 6) is 1.92. The van der Waals surface area contributed by atoms with Crippen LogP contribution in [0.4, 0.5) is 5.69 Å². The Labute approximate surface area is 217 Å². The lowest BCUT2D eigenvalue weighted by Gasteiger charge is -2.18. The second kappa shape index (κ2) is 9.64. The summed E-state index contributed by atoms with van der Waals surface area (Å²) in [5.41, 5.74) is 3.38. The van der Waals surface area contributed by atoms with Crippen molar-refractivity contribution in [3.05, 3.63) is 65.9 Å². The highest BCUT2D eigenvalue weighted by Gasteiger charge is 2.35. The molecule has 0 radical (unpaired) electrons. The number of likely N-dealkylation sites (N-methyl/N-ethyl adjacent to an activating group) is 1. The van der Waals surface area contributed by atoms with E-state index in [-0.39, 0.29) is 11.8 Å². The van der Waals surface area contributed by atoms with E-state index in [0.29, 0.717) is 24.7 Å². The van der Waals surface area contributed by atoms with E-state index in [9.17, 15) is 4.79 Å². The molecule has 176 valence electrons. The molecule has 0 saturated heterocycles. The number of rotatable bonds is 7. The highest BCUT2D eigenvalue weighted by Crippen LogP contribution is 2.46. The molecule has 4 aromatic rings. The number of aromatic amines is 1. The molecule has 1 atom stereocenters. The van der Waals surface area contributed by atoms with E-state index in [2.05, 4.69) is 16.0 Å². The standard InChI is InChI=1S/C26H25ClIN3O3/c1-30(2)9-10-33-18-7-8-21-16(11-18)12-22(29-21)26(32)31-15-17(14-27)25-20-6-4-3-5-19(20)24(34-28)13-23(25)31/h3-8,11-13,17,29H,9-10,14-15H2,1-2H3/t17-/m1/s1. The number of fused-ring (bicyclic) bond motifs is 4. The van der Waals surface area contributed by atoms with Crippen molar-refractivity contribution in [2.75, 3.05) is 44.6 Å². The number of nitrogens with one attached hydrogen (secondary N) is 1. The Balaban J connectivity index is 1.49. The van der Waals surface area contributed by atoms with Gasteiger partial charge in [-0.2, -0.15) is 0 Å². The fraction of sp³-hybridized carbons (Fsp3) is 0.269. The number of hydrogen-bond donors (Lipinski definition) is 1. The number of carbonyl (C=O) groups excluding carboxylic acids is 1. The first-order valence-corrected chi connectivity index (χ1v) is 12.5. The fourth-order valence-corrected chi connectivity index (χ4v) is 5.22. The van der Waals surface area contributed by atoms with Crippen LogP contribution >= 0.6 is 34.6 Å². The minimum Gasteiger partial charge on any atom is -0.492 e. The summed E-state index contributed by atoms with van der Waals surface area (Å²) in [4.78, 5) is 20.9. The Bertz CT molecular complexity index is 1370. The number of halogens is 2. The van der Waals surface area contributed by atoms with Crippen LogP contribution in [0.3, 0.4) is 0 Å². The van der Waals surface area contributed by atoms with Gasteiger partial charge in [-0.25, -0.2) is 0 Å². The smallest absolute Gasteiger partial charge is 0.274 e. The van der Waals surface area contributed by atoms with Gasteiger partial charge in [0.05, 0.1) is 5.69 Å². The summed E-state index contributed by atoms with van der Waals surface area (Å²) in [6.45, 7) is 1.97. The van der Waals surface area contributed by atoms with Gasteiger partial charge in [0, 0.05) is 47.2 Å². The van der Waals surface area contributed by atoms with Gasteiger partial charge in [-0.05, 0) is 49.3 Å². The number of carbonyl (C=O) groups is 1. The second-order valence-corrected chi connectivity index (χ2v) is 9.53. The number of benzene rings is 3. The van der Waals surface area contributed by atoms with Crippen molar-refractivity contribution in [2.45, 2.75) is 5.92 Å². The van der Waals surface area contributed by atoms with Crippen molar-refractivity contribution in [2.24, 2.45) is 0 Å². The van der Waals surface area contributed by atoms with Crippen LogP contribution in [-0.2, 0) is 0 Å². The minimum absolute atomic E-state index is 0.0508. The number of ether oxygens (including phenoxy) is 1. The summed E-state index contributed by atoms with van der Waals surface area (Å²) in [6, 6.07) is 17.8. The Morgan fingerprint density at radius 3 is 2.71 bits per heavy atom. The van der Waals surface area contributed by atoms with Crippen molar-refractivity contribution in [1.29, 1.82) is 0 Å². The van der Waals surface area contributed by atoms with Crippen LogP contribution in [0.2, 0.25) is 0 Å². The van der Waals surface area contributed by atoms with Crippen LogP contribution < -0.4 is 12.7 Å². The minimum atomic E-state index is -0.0881. The Hall–Kier alpha value is -2.49. The molecule has 0 spiro atoms. The van der Waals surface area contributed by atoms with Crippen molar-refractivity contribution in [3.63, 3.8) is 0 Å². The second-order valence-electron chi connectivity index (χ2n) is 8.78. The zero-order chi connectivity index (χ0) is 23.8. The van der Waals surface area contributed by atoms with Crippen LogP contribution in [0, 0.1) is 0 Å². The molecule has 0 saturated carbocycles. The van der Waals surface area contributed by atoms with Crippen LogP contribution in [-0.4, -0.2) is 55.5 Å². The van der Waals surface area contributed by atoms with Gasteiger partial charge >= 0.3 is 0 Å². The molecule has 0 bridgehead atoms. The zero-order valence-electron chi connectivity index (χ0n) is 19.0. The third-order valence-corrected chi connectivity index (χ3v) is 7.12. The van der Waals surface area contributed by atoms with E-state index in [1.807, 2.05) is 90.5 Å². The van der Waals surface area contributed by atoms with Gasteiger partial charge < -0.3 is 22.6 Å². The maximum Gasteiger partial charge on any atom is 0.274 e. The summed E-state index contributed by atoms with van der Waals surface area (Å²) in [5, 5.41) is 3.03. The van der Waals surface area contributed by atoms with Crippen LogP contribution in [0.1, 0.15) is 22.0 Å². The average Bonchev–Trinajstić information content (AvgIpc) is 3.44. The van der Waals surface area contributed by atoms with Gasteiger partial charge in [-0.1, -0.05) is 24.3 Å². The third-order valence-electron chi connectivity index (χ3n) is 6.27. The molecule has 1 N–H and O–H groups in total. The predicted molar refractivity (Wildman–Crippen MR) is 146 cm³/mol. The normalized spacial score (nSPS) is 15.3. The molecule has 1 aliphatic heterocycles. The molecule has 2 heterocycles. The largest absolute Gasteiger partial charge is 0.492 e. The lowest BCUT2D eigenvalue weighted by atomic mass is 9.95. The number of alkyl halides is 1. The number of hydrogen-bond acceptors (Lipinski definition) is 4. The van der Waals surface area contributed by atoms with Gasteiger partial charge in [0.2, 0.25) is 0 Å². The van der Waals surface area contributed by atoms with E-state index in [4.69, 9.17) is 19.4 Å². The number of anilines is 1. The summed E-state index contributed by atoms with van der Waals surface area (Å²) in [7, 11) is 4.03. The quantitative estimate of drug-likeness (QED) is 0.213. The fourth-order valence-electron chi connectivity index (χ4n) is 4.60. The molecular weight excluding hydrogens is 565 g/mol. The van der Waals surface area contributed by atoms with Crippen LogP contribution in [0.5, 0.6) is 11.5 Å². The van der Waals surface area contributed by atoms with Gasteiger partial charge in [-0.3, -0.25) is 4.79 Å². The first kappa shape index (κ1) is 23.3. The molecule has 8 heteroatoms. The van der Waals surface area contributed by atoms with Gasteiger partial charge in [0.15, 0.2) is 23.0 Å². The molecule has 6 nitrogen and oxygen atoms in total. The number of H-pyrrole nitrogens is 1. The topological polar surface area (TPSA) is 57.8 Å². The molecule has 0 aliphatic carbocycles. The molecule has 1 amide bonds. The highest BCUT2D eigenvalue weighted by molar-refractivity contribution is 14.1. The summed E-state index contributed by atoms with van der Waals surface area (Å²) >= 11 is 8.27. The first-order chi connectivity index (χ1) is 16.5. The molecular formula is C26H25ClIN3O3. The van der Waals surface area contributed by atoms with Crippen molar-refractivity contribution in [3.8, 4) is 11.5 Å². The van der Waals surface area contributed by atoms with E-state index >= 15 is 0 Å². The van der Waals surface area contributed by atoms with Gasteiger partial charge in [0.25, 0.3) is 5.91 Å². The Morgan fingerprint density at radius 2 is 1.97 bits per heavy atom. The Kier molecular flexibility index (Phi) is 6.59. The molecule has 34 heavy (non-hydrogen) atoms. The molecule has 1 aliphatic rings. The van der Waals surface area contributed by atoms with Crippen LogP contribution in [0.15, 0.2) is 54.6 Å². The lowest BCUT2D eigenvalue weighted by molar-refractivity contribution is 0.0984. The van der Waals surface area contributed by atoms with E-state index in [1.165, 1.54) is 0 Å². The monoisotopic (exact) mass is 589 g/mol. The van der Waals surface area contributed by atoms with E-state index in [0.717, 1.165) is 51.0 Å². The van der Waals surface area contributed by atoms with E-state index in [1.54, 1.807) is 0 Å². The number of amides is 1. The Morgan fingerprint density at radius 1 is 1.18 bits per heavy atom. The van der Waals surface area contributed by atoms with Crippen molar-refractivity contribution >= 4 is 67.9 Å². The van der Waals surface area contributed by atoms with Crippen LogP contribution in [0.25, 0.3) is 21.7 Å². The molecule has 1 aromatic heterocycles. The molecule has 3 aromatic carbocycles. The SMILES string of the molecule is CN(C)CCOc1ccc2[nH]c(C(=O)N3C[C@@H](CCl)c4c3cc(OI)c3ccccc43)cc2c1. The zero-order valence-corrected chi connectivity index (χ0v) is 21.9. The van der Waals surface area contributed by atoms with Crippen molar-refractivity contribution < 1.29 is 12.6 Å². The maximum absolute atomic E-state index is 13.7. The first-order valence-electron chi connectivity index (χ1n) is 11.1. The maximum atomic E-state index is 13.7. The van der Waals surface area contributed by atoms with Gasteiger partial charge in [-0.15, -0.1) is 11.6 Å². The number of aromatic nitrogens is 1. The average molecular weight is 590 g/mol. The molecule has 0 unspecified atom stereocenters. The summed E-state index contributed by atoms with van der Waals surface area (Å²) in [6.07, 6.45) is 0.